The molecule has 1 aliphatic heterocycles. The third-order valence-corrected chi connectivity index (χ3v) is 6.58. The van der Waals surface area contributed by atoms with E-state index in [0.29, 0.717) is 23.3 Å². The number of imide groups is 1. The first kappa shape index (κ1) is 14.9. The molecular weight excluding hydrogens is 268 g/mol. The summed E-state index contributed by atoms with van der Waals surface area (Å²) >= 11 is 0. The van der Waals surface area contributed by atoms with Gasteiger partial charge < -0.3 is 5.32 Å². The van der Waals surface area contributed by atoms with Gasteiger partial charge in [0.1, 0.15) is 0 Å². The molecule has 20 heavy (non-hydrogen) atoms. The lowest BCUT2D eigenvalue weighted by Gasteiger charge is -2.29. The number of nitrogens with zero attached hydrogens (tertiary/aromatic N) is 1. The Bertz CT molecular complexity index is 502. The standard InChI is InChI=1S/C15H22N2O2Si/c1-16-13(20(2,3)4)9-10-17-14(18)11-7-5-6-8-12(11)15(17)19/h5-8,13,16H,9-10H2,1-4H3. The first-order valence-electron chi connectivity index (χ1n) is 6.98. The Kier molecular flexibility index (Phi) is 4.11. The zero-order valence-electron chi connectivity index (χ0n) is 12.6. The average Bonchev–Trinajstić information content (AvgIpc) is 2.63. The second kappa shape index (κ2) is 5.50. The van der Waals surface area contributed by atoms with Gasteiger partial charge in [-0.1, -0.05) is 31.8 Å². The van der Waals surface area contributed by atoms with Crippen molar-refractivity contribution in [2.24, 2.45) is 0 Å². The molecule has 2 amide bonds. The van der Waals surface area contributed by atoms with Gasteiger partial charge in [0, 0.05) is 12.2 Å². The van der Waals surface area contributed by atoms with Crippen LogP contribution in [-0.4, -0.2) is 44.0 Å². The minimum Gasteiger partial charge on any atom is -0.319 e. The van der Waals surface area contributed by atoms with Crippen LogP contribution < -0.4 is 5.32 Å². The summed E-state index contributed by atoms with van der Waals surface area (Å²) < 4.78 is 0. The highest BCUT2D eigenvalue weighted by Gasteiger charge is 2.36. The van der Waals surface area contributed by atoms with Gasteiger partial charge in [0.15, 0.2) is 0 Å². The summed E-state index contributed by atoms with van der Waals surface area (Å²) in [5.41, 5.74) is 1.46. The second-order valence-corrected chi connectivity index (χ2v) is 11.7. The molecule has 5 heteroatoms. The highest BCUT2D eigenvalue weighted by molar-refractivity contribution is 6.77. The van der Waals surface area contributed by atoms with Gasteiger partial charge in [-0.2, -0.15) is 0 Å². The van der Waals surface area contributed by atoms with Crippen molar-refractivity contribution in [3.05, 3.63) is 35.4 Å². The number of fused-ring (bicyclic) bond motifs is 1. The third-order valence-electron chi connectivity index (χ3n) is 3.91. The molecule has 1 heterocycles. The Labute approximate surface area is 121 Å². The van der Waals surface area contributed by atoms with Gasteiger partial charge in [0.05, 0.1) is 19.2 Å². The zero-order valence-corrected chi connectivity index (χ0v) is 13.6. The topological polar surface area (TPSA) is 49.4 Å². The monoisotopic (exact) mass is 290 g/mol. The predicted molar refractivity (Wildman–Crippen MR) is 82.6 cm³/mol. The molecule has 0 aliphatic carbocycles. The van der Waals surface area contributed by atoms with Crippen LogP contribution in [0.4, 0.5) is 0 Å². The Morgan fingerprint density at radius 1 is 1.10 bits per heavy atom. The van der Waals surface area contributed by atoms with Crippen LogP contribution in [0.2, 0.25) is 19.6 Å². The molecule has 0 saturated carbocycles. The molecular formula is C15H22N2O2Si. The fourth-order valence-electron chi connectivity index (χ4n) is 2.71. The number of amides is 2. The molecule has 2 rings (SSSR count). The van der Waals surface area contributed by atoms with Crippen molar-refractivity contribution >= 4 is 19.9 Å². The van der Waals surface area contributed by atoms with Crippen LogP contribution in [0.15, 0.2) is 24.3 Å². The van der Waals surface area contributed by atoms with Crippen molar-refractivity contribution in [1.29, 1.82) is 0 Å². The van der Waals surface area contributed by atoms with Crippen LogP contribution in [0.1, 0.15) is 27.1 Å². The largest absolute Gasteiger partial charge is 0.319 e. The minimum atomic E-state index is -1.34. The lowest BCUT2D eigenvalue weighted by Crippen LogP contribution is -2.49. The van der Waals surface area contributed by atoms with Crippen molar-refractivity contribution < 1.29 is 9.59 Å². The number of rotatable bonds is 5. The summed E-state index contributed by atoms with van der Waals surface area (Å²) in [6.07, 6.45) is 0.817. The normalized spacial score (nSPS) is 16.5. The molecule has 0 bridgehead atoms. The summed E-state index contributed by atoms with van der Waals surface area (Å²) in [4.78, 5) is 25.9. The summed E-state index contributed by atoms with van der Waals surface area (Å²) in [5.74, 6) is -0.313. The van der Waals surface area contributed by atoms with E-state index >= 15 is 0 Å². The average molecular weight is 290 g/mol. The highest BCUT2D eigenvalue weighted by atomic mass is 28.3. The van der Waals surface area contributed by atoms with E-state index in [9.17, 15) is 9.59 Å². The van der Waals surface area contributed by atoms with Crippen LogP contribution in [0.5, 0.6) is 0 Å². The molecule has 108 valence electrons. The van der Waals surface area contributed by atoms with E-state index in [1.807, 2.05) is 7.05 Å². The first-order valence-corrected chi connectivity index (χ1v) is 10.6. The van der Waals surface area contributed by atoms with Gasteiger partial charge >= 0.3 is 0 Å². The number of carbonyl (C=O) groups is 2. The molecule has 4 nitrogen and oxygen atoms in total. The number of carbonyl (C=O) groups excluding carboxylic acids is 2. The fourth-order valence-corrected chi connectivity index (χ4v) is 4.57. The van der Waals surface area contributed by atoms with Crippen molar-refractivity contribution in [3.63, 3.8) is 0 Å². The fraction of sp³-hybridized carbons (Fsp3) is 0.467. The maximum atomic E-state index is 12.3. The summed E-state index contributed by atoms with van der Waals surface area (Å²) in [6.45, 7) is 7.35. The minimum absolute atomic E-state index is 0.156. The van der Waals surface area contributed by atoms with Crippen LogP contribution in [-0.2, 0) is 0 Å². The number of hydrogen-bond acceptors (Lipinski definition) is 3. The Morgan fingerprint density at radius 3 is 2.00 bits per heavy atom. The van der Waals surface area contributed by atoms with Gasteiger partial charge in [0.2, 0.25) is 0 Å². The van der Waals surface area contributed by atoms with Gasteiger partial charge in [-0.15, -0.1) is 0 Å². The third kappa shape index (κ3) is 2.69. The van der Waals surface area contributed by atoms with Crippen molar-refractivity contribution in [2.45, 2.75) is 31.7 Å². The Balaban J connectivity index is 2.10. The molecule has 1 unspecified atom stereocenters. The van der Waals surface area contributed by atoms with E-state index in [2.05, 4.69) is 25.0 Å². The van der Waals surface area contributed by atoms with Crippen molar-refractivity contribution in [1.82, 2.24) is 10.2 Å². The molecule has 0 saturated heterocycles. The smallest absolute Gasteiger partial charge is 0.261 e. The number of nitrogens with one attached hydrogen (secondary N) is 1. The van der Waals surface area contributed by atoms with Crippen LogP contribution in [0.25, 0.3) is 0 Å². The molecule has 0 aromatic heterocycles. The quantitative estimate of drug-likeness (QED) is 0.667. The SMILES string of the molecule is CNC(CCN1C(=O)c2ccccc2C1=O)[Si](C)(C)C. The van der Waals surface area contributed by atoms with Crippen molar-refractivity contribution in [2.75, 3.05) is 13.6 Å². The lowest BCUT2D eigenvalue weighted by molar-refractivity contribution is 0.0651. The van der Waals surface area contributed by atoms with E-state index in [0.717, 1.165) is 6.42 Å². The molecule has 1 aromatic carbocycles. The molecule has 0 radical (unpaired) electrons. The maximum absolute atomic E-state index is 12.3. The van der Waals surface area contributed by atoms with E-state index in [1.165, 1.54) is 4.90 Å². The molecule has 0 spiro atoms. The first-order chi connectivity index (χ1) is 9.36. The predicted octanol–water partition coefficient (Wildman–Crippen LogP) is 2.14. The molecule has 1 aromatic rings. The summed E-state index contributed by atoms with van der Waals surface area (Å²) in [5, 5.41) is 3.33. The van der Waals surface area contributed by atoms with Crippen molar-refractivity contribution in [3.8, 4) is 0 Å². The second-order valence-electron chi connectivity index (χ2n) is 6.30. The van der Waals surface area contributed by atoms with Crippen LogP contribution >= 0.6 is 0 Å². The Hall–Kier alpha value is -1.46. The van der Waals surface area contributed by atoms with E-state index < -0.39 is 8.07 Å². The zero-order chi connectivity index (χ0) is 14.9. The maximum Gasteiger partial charge on any atom is 0.261 e. The van der Waals surface area contributed by atoms with Crippen LogP contribution in [0.3, 0.4) is 0 Å². The van der Waals surface area contributed by atoms with E-state index in [4.69, 9.17) is 0 Å². The van der Waals surface area contributed by atoms with Gasteiger partial charge in [0.25, 0.3) is 11.8 Å². The molecule has 1 aliphatic rings. The molecule has 1 atom stereocenters. The van der Waals surface area contributed by atoms with Crippen LogP contribution in [0, 0.1) is 0 Å². The number of hydrogen-bond donors (Lipinski definition) is 1. The molecule has 1 N–H and O–H groups in total. The lowest BCUT2D eigenvalue weighted by atomic mass is 10.1. The van der Waals surface area contributed by atoms with Gasteiger partial charge in [-0.3, -0.25) is 14.5 Å². The van der Waals surface area contributed by atoms with E-state index in [-0.39, 0.29) is 11.8 Å². The molecule has 0 fully saturated rings. The van der Waals surface area contributed by atoms with Gasteiger partial charge in [-0.05, 0) is 25.6 Å². The van der Waals surface area contributed by atoms with Gasteiger partial charge in [-0.25, -0.2) is 0 Å². The summed E-state index contributed by atoms with van der Waals surface area (Å²) in [7, 11) is 0.607. The summed E-state index contributed by atoms with van der Waals surface area (Å²) in [6, 6.07) is 7.05. The Morgan fingerprint density at radius 2 is 1.60 bits per heavy atom. The highest BCUT2D eigenvalue weighted by Crippen LogP contribution is 2.23. The van der Waals surface area contributed by atoms with E-state index in [1.54, 1.807) is 24.3 Å². The number of benzene rings is 1.